The lowest BCUT2D eigenvalue weighted by molar-refractivity contribution is 0.203. The van der Waals surface area contributed by atoms with E-state index in [2.05, 4.69) is 31.2 Å². The average molecular weight is 297 g/mol. The highest BCUT2D eigenvalue weighted by Gasteiger charge is 2.22. The third-order valence-corrected chi connectivity index (χ3v) is 3.22. The summed E-state index contributed by atoms with van der Waals surface area (Å²) >= 11 is 3.28. The van der Waals surface area contributed by atoms with Crippen molar-refractivity contribution in [1.82, 2.24) is 20.0 Å². The van der Waals surface area contributed by atoms with E-state index in [9.17, 15) is 5.11 Å². The lowest BCUT2D eigenvalue weighted by Crippen LogP contribution is -2.11. The summed E-state index contributed by atoms with van der Waals surface area (Å²) in [5.74, 6) is 0. The van der Waals surface area contributed by atoms with Crippen molar-refractivity contribution < 1.29 is 5.11 Å². The molecular weight excluding hydrogens is 284 g/mol. The maximum Gasteiger partial charge on any atom is 0.154 e. The molecule has 0 bridgehead atoms. The molecule has 1 unspecified atom stereocenters. The molecule has 90 valence electrons. The van der Waals surface area contributed by atoms with E-state index < -0.39 is 6.10 Å². The second-order valence-electron chi connectivity index (χ2n) is 3.69. The SMILES string of the molecule is CCc1cccnc1C(O)c1c(Br)nnn1C. The number of aliphatic hydroxyl groups excluding tert-OH is 1. The van der Waals surface area contributed by atoms with E-state index >= 15 is 0 Å². The number of aryl methyl sites for hydroxylation is 2. The predicted molar refractivity (Wildman–Crippen MR) is 66.4 cm³/mol. The van der Waals surface area contributed by atoms with Gasteiger partial charge in [-0.05, 0) is 34.0 Å². The van der Waals surface area contributed by atoms with Crippen LogP contribution in [0.4, 0.5) is 0 Å². The first kappa shape index (κ1) is 12.2. The van der Waals surface area contributed by atoms with Gasteiger partial charge in [0.2, 0.25) is 0 Å². The number of rotatable bonds is 3. The molecule has 0 radical (unpaired) electrons. The van der Waals surface area contributed by atoms with Gasteiger partial charge in [-0.2, -0.15) is 0 Å². The minimum Gasteiger partial charge on any atom is -0.380 e. The highest BCUT2D eigenvalue weighted by molar-refractivity contribution is 9.10. The van der Waals surface area contributed by atoms with Crippen LogP contribution in [0.25, 0.3) is 0 Å². The van der Waals surface area contributed by atoms with Gasteiger partial charge in [-0.25, -0.2) is 4.68 Å². The van der Waals surface area contributed by atoms with Crippen molar-refractivity contribution in [3.63, 3.8) is 0 Å². The van der Waals surface area contributed by atoms with Crippen LogP contribution in [0.3, 0.4) is 0 Å². The topological polar surface area (TPSA) is 63.8 Å². The molecule has 0 aliphatic rings. The molecule has 2 rings (SSSR count). The minimum absolute atomic E-state index is 0.542. The maximum absolute atomic E-state index is 10.4. The fraction of sp³-hybridized carbons (Fsp3) is 0.364. The Morgan fingerprint density at radius 2 is 2.29 bits per heavy atom. The van der Waals surface area contributed by atoms with E-state index in [1.165, 1.54) is 0 Å². The van der Waals surface area contributed by atoms with Crippen molar-refractivity contribution in [3.8, 4) is 0 Å². The van der Waals surface area contributed by atoms with Crippen molar-refractivity contribution in [2.75, 3.05) is 0 Å². The molecule has 6 heteroatoms. The highest BCUT2D eigenvalue weighted by Crippen LogP contribution is 2.27. The molecule has 5 nitrogen and oxygen atoms in total. The summed E-state index contributed by atoms with van der Waals surface area (Å²) in [5.41, 5.74) is 2.28. The van der Waals surface area contributed by atoms with Gasteiger partial charge in [0.25, 0.3) is 0 Å². The Balaban J connectivity index is 2.47. The van der Waals surface area contributed by atoms with Gasteiger partial charge in [0.1, 0.15) is 11.8 Å². The van der Waals surface area contributed by atoms with Crippen molar-refractivity contribution in [1.29, 1.82) is 0 Å². The first-order valence-electron chi connectivity index (χ1n) is 5.32. The molecule has 2 aromatic heterocycles. The van der Waals surface area contributed by atoms with E-state index in [-0.39, 0.29) is 0 Å². The van der Waals surface area contributed by atoms with Gasteiger partial charge >= 0.3 is 0 Å². The summed E-state index contributed by atoms with van der Waals surface area (Å²) in [6, 6.07) is 3.83. The van der Waals surface area contributed by atoms with Crippen molar-refractivity contribution in [3.05, 3.63) is 39.9 Å². The monoisotopic (exact) mass is 296 g/mol. The van der Waals surface area contributed by atoms with Crippen LogP contribution in [-0.4, -0.2) is 25.1 Å². The van der Waals surface area contributed by atoms with Crippen molar-refractivity contribution >= 4 is 15.9 Å². The number of hydrogen-bond donors (Lipinski definition) is 1. The summed E-state index contributed by atoms with van der Waals surface area (Å²) in [5, 5.41) is 18.1. The Morgan fingerprint density at radius 1 is 1.53 bits per heavy atom. The second-order valence-corrected chi connectivity index (χ2v) is 4.44. The summed E-state index contributed by atoms with van der Waals surface area (Å²) in [7, 11) is 1.74. The van der Waals surface area contributed by atoms with E-state index in [0.717, 1.165) is 12.0 Å². The van der Waals surface area contributed by atoms with Crippen LogP contribution < -0.4 is 0 Å². The van der Waals surface area contributed by atoms with Crippen LogP contribution in [0.15, 0.2) is 22.9 Å². The molecule has 0 spiro atoms. The van der Waals surface area contributed by atoms with Crippen LogP contribution in [0.2, 0.25) is 0 Å². The highest BCUT2D eigenvalue weighted by atomic mass is 79.9. The largest absolute Gasteiger partial charge is 0.380 e. The predicted octanol–water partition coefficient (Wildman–Crippen LogP) is 1.62. The van der Waals surface area contributed by atoms with Gasteiger partial charge in [0.15, 0.2) is 4.60 Å². The Morgan fingerprint density at radius 3 is 2.88 bits per heavy atom. The number of pyridine rings is 1. The molecule has 0 saturated carbocycles. The second kappa shape index (κ2) is 4.93. The quantitative estimate of drug-likeness (QED) is 0.935. The smallest absolute Gasteiger partial charge is 0.154 e. The minimum atomic E-state index is -0.819. The van der Waals surface area contributed by atoms with Gasteiger partial charge in [0.05, 0.1) is 5.69 Å². The maximum atomic E-state index is 10.4. The zero-order valence-electron chi connectivity index (χ0n) is 9.63. The third kappa shape index (κ3) is 2.23. The summed E-state index contributed by atoms with van der Waals surface area (Å²) in [4.78, 5) is 4.25. The fourth-order valence-corrected chi connectivity index (χ4v) is 2.30. The first-order chi connectivity index (χ1) is 8.15. The van der Waals surface area contributed by atoms with Gasteiger partial charge in [0, 0.05) is 13.2 Å². The van der Waals surface area contributed by atoms with Crippen LogP contribution in [0.5, 0.6) is 0 Å². The number of nitrogens with zero attached hydrogens (tertiary/aromatic N) is 4. The van der Waals surface area contributed by atoms with Crippen molar-refractivity contribution in [2.24, 2.45) is 7.05 Å². The molecule has 0 aromatic carbocycles. The lowest BCUT2D eigenvalue weighted by Gasteiger charge is -2.13. The molecule has 2 heterocycles. The molecule has 0 amide bonds. The van der Waals surface area contributed by atoms with Crippen LogP contribution in [0.1, 0.15) is 30.0 Å². The van der Waals surface area contributed by atoms with Gasteiger partial charge < -0.3 is 5.11 Å². The summed E-state index contributed by atoms with van der Waals surface area (Å²) < 4.78 is 2.09. The molecule has 2 aromatic rings. The van der Waals surface area contributed by atoms with E-state index in [1.807, 2.05) is 19.1 Å². The fourth-order valence-electron chi connectivity index (χ4n) is 1.75. The number of aromatic nitrogens is 4. The standard InChI is InChI=1S/C11H13BrN4O/c1-3-7-5-4-6-13-8(7)10(17)9-11(12)14-15-16(9)2/h4-6,10,17H,3H2,1-2H3. The van der Waals surface area contributed by atoms with Gasteiger partial charge in [-0.15, -0.1) is 5.10 Å². The van der Waals surface area contributed by atoms with Gasteiger partial charge in [-0.1, -0.05) is 18.2 Å². The summed E-state index contributed by atoms with van der Waals surface area (Å²) in [6.45, 7) is 2.03. The molecule has 1 atom stereocenters. The molecule has 0 saturated heterocycles. The van der Waals surface area contributed by atoms with Crippen LogP contribution in [-0.2, 0) is 13.5 Å². The summed E-state index contributed by atoms with van der Waals surface area (Å²) in [6.07, 6.45) is 1.68. The van der Waals surface area contributed by atoms with Gasteiger partial charge in [-0.3, -0.25) is 4.98 Å². The Kier molecular flexibility index (Phi) is 3.54. The molecule has 17 heavy (non-hydrogen) atoms. The zero-order valence-corrected chi connectivity index (χ0v) is 11.2. The first-order valence-corrected chi connectivity index (χ1v) is 6.11. The zero-order chi connectivity index (χ0) is 12.4. The third-order valence-electron chi connectivity index (χ3n) is 2.65. The number of aliphatic hydroxyl groups is 1. The molecular formula is C11H13BrN4O. The van der Waals surface area contributed by atoms with E-state index in [1.54, 1.807) is 17.9 Å². The molecule has 0 aliphatic heterocycles. The normalized spacial score (nSPS) is 12.7. The van der Waals surface area contributed by atoms with Crippen LogP contribution >= 0.6 is 15.9 Å². The lowest BCUT2D eigenvalue weighted by atomic mass is 10.1. The van der Waals surface area contributed by atoms with E-state index in [0.29, 0.717) is 16.0 Å². The molecule has 0 fully saturated rings. The Labute approximate surface area is 108 Å². The number of halogens is 1. The number of hydrogen-bond acceptors (Lipinski definition) is 4. The average Bonchev–Trinajstić information content (AvgIpc) is 2.68. The Hall–Kier alpha value is -1.27. The van der Waals surface area contributed by atoms with Crippen molar-refractivity contribution in [2.45, 2.75) is 19.4 Å². The van der Waals surface area contributed by atoms with E-state index in [4.69, 9.17) is 0 Å². The Bertz CT molecular complexity index is 506. The van der Waals surface area contributed by atoms with Crippen LogP contribution in [0, 0.1) is 0 Å². The molecule has 0 aliphatic carbocycles. The molecule has 1 N–H and O–H groups in total.